The Kier molecular flexibility index (Phi) is 8.93. The maximum absolute atomic E-state index is 7.03. The lowest BCUT2D eigenvalue weighted by molar-refractivity contribution is 0.660. The number of furan rings is 1. The highest BCUT2D eigenvalue weighted by molar-refractivity contribution is 6.17. The topological polar surface area (TPSA) is 21.3 Å². The van der Waals surface area contributed by atoms with Crippen molar-refractivity contribution in [2.75, 3.05) is 4.90 Å². The van der Waals surface area contributed by atoms with Crippen LogP contribution in [-0.4, -0.2) is 4.57 Å². The fourth-order valence-corrected chi connectivity index (χ4v) is 11.5. The van der Waals surface area contributed by atoms with Crippen LogP contribution < -0.4 is 4.90 Å². The Bertz CT molecular complexity index is 4170. The SMILES string of the molecule is CC1(C)c2ccccc2-c2ccc(-c3cccc(N(c4ccc(-c5ccc6ccccc6c5)cc4)c4ccc(-c5cccc(-n6c7ccccc7c7ccccc76)c5)c5oc6ccccc6c45)c3)cc21. The summed E-state index contributed by atoms with van der Waals surface area (Å²) in [5, 5.41) is 7.10. The van der Waals surface area contributed by atoms with Gasteiger partial charge >= 0.3 is 0 Å². The van der Waals surface area contributed by atoms with Gasteiger partial charge in [-0.3, -0.25) is 0 Å². The van der Waals surface area contributed by atoms with E-state index in [2.05, 4.69) is 266 Å². The molecule has 0 amide bonds. The first-order chi connectivity index (χ1) is 34.5. The molecule has 0 saturated carbocycles. The third-order valence-electron chi connectivity index (χ3n) is 15.0. The zero-order valence-corrected chi connectivity index (χ0v) is 38.9. The van der Waals surface area contributed by atoms with Crippen LogP contribution in [0, 0.1) is 0 Å². The van der Waals surface area contributed by atoms with Crippen molar-refractivity contribution < 1.29 is 4.42 Å². The molecule has 0 fully saturated rings. The van der Waals surface area contributed by atoms with Crippen LogP contribution in [0.5, 0.6) is 0 Å². The Morgan fingerprint density at radius 2 is 1.00 bits per heavy atom. The summed E-state index contributed by atoms with van der Waals surface area (Å²) in [5.74, 6) is 0. The molecule has 0 aliphatic heterocycles. The molecule has 0 unspecified atom stereocenters. The van der Waals surface area contributed by atoms with Crippen molar-refractivity contribution in [1.82, 2.24) is 4.57 Å². The van der Waals surface area contributed by atoms with Gasteiger partial charge in [0.05, 0.1) is 22.1 Å². The summed E-state index contributed by atoms with van der Waals surface area (Å²) >= 11 is 0. The molecule has 0 saturated heterocycles. The van der Waals surface area contributed by atoms with Gasteiger partial charge in [0.15, 0.2) is 0 Å². The first-order valence-corrected chi connectivity index (χ1v) is 24.2. The first-order valence-electron chi connectivity index (χ1n) is 24.2. The fourth-order valence-electron chi connectivity index (χ4n) is 11.5. The zero-order valence-electron chi connectivity index (χ0n) is 38.9. The van der Waals surface area contributed by atoms with Crippen molar-refractivity contribution in [3.63, 3.8) is 0 Å². The molecule has 1 aliphatic rings. The fraction of sp³-hybridized carbons (Fsp3) is 0.0448. The Balaban J connectivity index is 0.948. The zero-order chi connectivity index (χ0) is 46.5. The average molecular weight is 895 g/mol. The van der Waals surface area contributed by atoms with Crippen molar-refractivity contribution in [1.29, 1.82) is 0 Å². The predicted molar refractivity (Wildman–Crippen MR) is 294 cm³/mol. The number of hydrogen-bond donors (Lipinski definition) is 0. The van der Waals surface area contributed by atoms with E-state index in [9.17, 15) is 0 Å². The van der Waals surface area contributed by atoms with Crippen LogP contribution in [0.25, 0.3) is 105 Å². The van der Waals surface area contributed by atoms with Gasteiger partial charge in [0.1, 0.15) is 11.2 Å². The second-order valence-electron chi connectivity index (χ2n) is 19.3. The summed E-state index contributed by atoms with van der Waals surface area (Å²) in [6.45, 7) is 4.71. The molecular formula is C67H46N2O. The minimum Gasteiger partial charge on any atom is -0.455 e. The second-order valence-corrected chi connectivity index (χ2v) is 19.3. The Morgan fingerprint density at radius 1 is 0.386 bits per heavy atom. The molecule has 14 rings (SSSR count). The molecule has 330 valence electrons. The number of benzene rings is 11. The Labute approximate surface area is 406 Å². The van der Waals surface area contributed by atoms with E-state index in [1.54, 1.807) is 0 Å². The Hall–Kier alpha value is -8.92. The molecule has 0 radical (unpaired) electrons. The highest BCUT2D eigenvalue weighted by atomic mass is 16.3. The summed E-state index contributed by atoms with van der Waals surface area (Å²) < 4.78 is 9.42. The third-order valence-corrected chi connectivity index (χ3v) is 15.0. The van der Waals surface area contributed by atoms with Crippen molar-refractivity contribution in [2.24, 2.45) is 0 Å². The summed E-state index contributed by atoms with van der Waals surface area (Å²) in [6.07, 6.45) is 0. The summed E-state index contributed by atoms with van der Waals surface area (Å²) in [6, 6.07) is 88.6. The molecule has 0 spiro atoms. The number of para-hydroxylation sites is 3. The molecule has 2 heterocycles. The van der Waals surface area contributed by atoms with E-state index >= 15 is 0 Å². The van der Waals surface area contributed by atoms with Gasteiger partial charge in [-0.2, -0.15) is 0 Å². The number of anilines is 3. The number of fused-ring (bicyclic) bond motifs is 10. The molecular weight excluding hydrogens is 849 g/mol. The van der Waals surface area contributed by atoms with Gasteiger partial charge in [-0.15, -0.1) is 0 Å². The van der Waals surface area contributed by atoms with E-state index in [4.69, 9.17) is 4.42 Å². The molecule has 3 nitrogen and oxygen atoms in total. The predicted octanol–water partition coefficient (Wildman–Crippen LogP) is 18.6. The van der Waals surface area contributed by atoms with Gasteiger partial charge in [-0.1, -0.05) is 178 Å². The normalized spacial score (nSPS) is 12.8. The number of hydrogen-bond acceptors (Lipinski definition) is 2. The highest BCUT2D eigenvalue weighted by Gasteiger charge is 2.35. The van der Waals surface area contributed by atoms with E-state index in [1.165, 1.54) is 71.5 Å². The highest BCUT2D eigenvalue weighted by Crippen LogP contribution is 2.51. The molecule has 3 heteroatoms. The summed E-state index contributed by atoms with van der Waals surface area (Å²) in [5.41, 5.74) is 20.5. The number of rotatable bonds is 7. The molecule has 0 bridgehead atoms. The quantitative estimate of drug-likeness (QED) is 0.159. The van der Waals surface area contributed by atoms with E-state index in [0.717, 1.165) is 61.4 Å². The minimum absolute atomic E-state index is 0.100. The van der Waals surface area contributed by atoms with Crippen LogP contribution >= 0.6 is 0 Å². The van der Waals surface area contributed by atoms with Gasteiger partial charge in [-0.05, 0) is 140 Å². The van der Waals surface area contributed by atoms with Crippen LogP contribution in [0.2, 0.25) is 0 Å². The van der Waals surface area contributed by atoms with Gasteiger partial charge in [0.25, 0.3) is 0 Å². The van der Waals surface area contributed by atoms with Crippen molar-refractivity contribution >= 4 is 71.6 Å². The number of nitrogens with zero attached hydrogens (tertiary/aromatic N) is 2. The molecule has 1 aliphatic carbocycles. The lowest BCUT2D eigenvalue weighted by Crippen LogP contribution is -2.14. The summed E-state index contributed by atoms with van der Waals surface area (Å²) in [4.78, 5) is 2.42. The standard InChI is InChI=1S/C67H46N2O/c1-67(2)59-25-9-5-21-54(59)55-36-33-48(42-60(55)67)46-17-13-19-51(40-46)68(50-34-31-44(32-35-50)47-30-29-43-15-3-4-16-45(43)39-47)63-38-37-53(66-65(63)58-24-8-12-28-64(58)70-66)49-18-14-20-52(41-49)69-61-26-10-6-22-56(61)57-23-7-11-27-62(57)69/h3-42H,1-2H3. The van der Waals surface area contributed by atoms with Gasteiger partial charge in [0, 0.05) is 44.2 Å². The van der Waals surface area contributed by atoms with Crippen molar-refractivity contribution in [3.05, 3.63) is 254 Å². The van der Waals surface area contributed by atoms with Crippen LogP contribution in [0.3, 0.4) is 0 Å². The molecule has 70 heavy (non-hydrogen) atoms. The smallest absolute Gasteiger partial charge is 0.145 e. The molecule has 11 aromatic carbocycles. The van der Waals surface area contributed by atoms with E-state index in [-0.39, 0.29) is 5.41 Å². The first kappa shape index (κ1) is 40.2. The van der Waals surface area contributed by atoms with Crippen LogP contribution in [-0.2, 0) is 5.41 Å². The maximum Gasteiger partial charge on any atom is 0.145 e. The second kappa shape index (κ2) is 15.6. The summed E-state index contributed by atoms with van der Waals surface area (Å²) in [7, 11) is 0. The minimum atomic E-state index is -0.100. The molecule has 2 aromatic heterocycles. The van der Waals surface area contributed by atoms with Crippen molar-refractivity contribution in [2.45, 2.75) is 19.3 Å². The van der Waals surface area contributed by atoms with E-state index in [1.807, 2.05) is 0 Å². The Morgan fingerprint density at radius 3 is 1.83 bits per heavy atom. The third kappa shape index (κ3) is 6.21. The van der Waals surface area contributed by atoms with Gasteiger partial charge < -0.3 is 13.9 Å². The van der Waals surface area contributed by atoms with Gasteiger partial charge in [0.2, 0.25) is 0 Å². The van der Waals surface area contributed by atoms with Crippen molar-refractivity contribution in [3.8, 4) is 50.2 Å². The molecule has 0 atom stereocenters. The van der Waals surface area contributed by atoms with E-state index < -0.39 is 0 Å². The van der Waals surface area contributed by atoms with E-state index in [0.29, 0.717) is 0 Å². The lowest BCUT2D eigenvalue weighted by Gasteiger charge is -2.27. The molecule has 0 N–H and O–H groups in total. The number of aromatic nitrogens is 1. The maximum atomic E-state index is 7.03. The van der Waals surface area contributed by atoms with Crippen LogP contribution in [0.15, 0.2) is 247 Å². The van der Waals surface area contributed by atoms with Crippen LogP contribution in [0.4, 0.5) is 17.1 Å². The van der Waals surface area contributed by atoms with Gasteiger partial charge in [-0.25, -0.2) is 0 Å². The lowest BCUT2D eigenvalue weighted by atomic mass is 9.81. The monoisotopic (exact) mass is 894 g/mol. The van der Waals surface area contributed by atoms with Crippen LogP contribution in [0.1, 0.15) is 25.0 Å². The largest absolute Gasteiger partial charge is 0.455 e. The molecule has 13 aromatic rings. The average Bonchev–Trinajstić information content (AvgIpc) is 4.05.